The third-order valence-electron chi connectivity index (χ3n) is 5.88. The van der Waals surface area contributed by atoms with Crippen LogP contribution < -0.4 is 0 Å². The Hall–Kier alpha value is -1.20. The Labute approximate surface area is 91.3 Å². The van der Waals surface area contributed by atoms with Crippen molar-refractivity contribution in [3.8, 4) is 0 Å². The van der Waals surface area contributed by atoms with Crippen LogP contribution in [-0.2, 0) is 0 Å². The third kappa shape index (κ3) is 0.366. The molecule has 4 saturated carbocycles. The van der Waals surface area contributed by atoms with Crippen molar-refractivity contribution >= 4 is 0 Å². The van der Waals surface area contributed by atoms with Crippen LogP contribution in [0.5, 0.6) is 0 Å². The van der Waals surface area contributed by atoms with E-state index >= 15 is 0 Å². The van der Waals surface area contributed by atoms with Gasteiger partial charge in [0.15, 0.2) is 5.54 Å². The molecule has 3 aliphatic heterocycles. The normalized spacial score (nSPS) is 67.5. The number of azo groups is 2. The van der Waals surface area contributed by atoms with Crippen molar-refractivity contribution in [2.24, 2.45) is 42.5 Å². The average molecular weight is 214 g/mol. The van der Waals surface area contributed by atoms with E-state index in [9.17, 15) is 0 Å². The second-order valence-electron chi connectivity index (χ2n) is 6.30. The molecule has 5 unspecified atom stereocenters. The molecule has 0 radical (unpaired) electrons. The van der Waals surface area contributed by atoms with Gasteiger partial charge in [0.25, 0.3) is 0 Å². The fourth-order valence-electron chi connectivity index (χ4n) is 5.30. The van der Waals surface area contributed by atoms with Gasteiger partial charge < -0.3 is 0 Å². The van der Waals surface area contributed by atoms with Crippen molar-refractivity contribution in [2.75, 3.05) is 0 Å². The molecule has 16 heavy (non-hydrogen) atoms. The molecular formula is C10H10N6. The first kappa shape index (κ1) is 7.19. The summed E-state index contributed by atoms with van der Waals surface area (Å²) in [5.74, 6) is 1.31. The molecule has 0 aromatic heterocycles. The van der Waals surface area contributed by atoms with Gasteiger partial charge in [0.2, 0.25) is 11.3 Å². The van der Waals surface area contributed by atoms with E-state index in [0.29, 0.717) is 5.92 Å². The number of hydrogen-bond acceptors (Lipinski definition) is 6. The molecule has 6 nitrogen and oxygen atoms in total. The maximum atomic E-state index is 4.49. The highest BCUT2D eigenvalue weighted by Crippen LogP contribution is 2.79. The summed E-state index contributed by atoms with van der Waals surface area (Å²) in [4.78, 5) is 0. The van der Waals surface area contributed by atoms with Gasteiger partial charge in [0, 0.05) is 5.92 Å². The van der Waals surface area contributed by atoms with Gasteiger partial charge in [-0.3, -0.25) is 0 Å². The third-order valence-corrected chi connectivity index (χ3v) is 5.88. The van der Waals surface area contributed by atoms with E-state index in [2.05, 4.69) is 30.7 Å². The summed E-state index contributed by atoms with van der Waals surface area (Å²) in [6.45, 7) is 0. The first-order chi connectivity index (χ1) is 7.76. The molecule has 3 heterocycles. The van der Waals surface area contributed by atoms with E-state index in [1.54, 1.807) is 0 Å². The second-order valence-corrected chi connectivity index (χ2v) is 6.30. The highest BCUT2D eigenvalue weighted by Gasteiger charge is 2.92. The Bertz CT molecular complexity index is 546. The van der Waals surface area contributed by atoms with Gasteiger partial charge in [-0.1, -0.05) is 0 Å². The maximum absolute atomic E-state index is 4.49. The van der Waals surface area contributed by atoms with Crippen molar-refractivity contribution in [2.45, 2.75) is 48.1 Å². The predicted octanol–water partition coefficient (Wildman–Crippen LogP) is 2.09. The van der Waals surface area contributed by atoms with Crippen LogP contribution in [0.2, 0.25) is 0 Å². The first-order valence-corrected chi connectivity index (χ1v) is 6.08. The van der Waals surface area contributed by atoms with Gasteiger partial charge in [0.1, 0.15) is 5.54 Å². The lowest BCUT2D eigenvalue weighted by Crippen LogP contribution is -2.86. The molecule has 80 valence electrons. The summed E-state index contributed by atoms with van der Waals surface area (Å²) in [5, 5.41) is 26.5. The minimum Gasteiger partial charge on any atom is -0.180 e. The topological polar surface area (TPSA) is 74.2 Å². The van der Waals surface area contributed by atoms with Gasteiger partial charge in [0.05, 0.1) is 0 Å². The molecule has 0 saturated heterocycles. The van der Waals surface area contributed by atoms with Gasteiger partial charge in [-0.2, -0.15) is 30.7 Å². The molecule has 6 heteroatoms. The number of nitrogens with zero attached hydrogens (tertiary/aromatic N) is 6. The average Bonchev–Trinajstić information content (AvgIpc) is 3.01. The van der Waals surface area contributed by atoms with E-state index in [4.69, 9.17) is 0 Å². The van der Waals surface area contributed by atoms with Crippen LogP contribution in [0.25, 0.3) is 0 Å². The summed E-state index contributed by atoms with van der Waals surface area (Å²) in [7, 11) is 0. The highest BCUT2D eigenvalue weighted by molar-refractivity contribution is 5.45. The van der Waals surface area contributed by atoms with E-state index in [-0.39, 0.29) is 22.4 Å². The van der Waals surface area contributed by atoms with E-state index in [1.165, 1.54) is 12.8 Å². The molecule has 5 atom stereocenters. The Morgan fingerprint density at radius 1 is 0.812 bits per heavy atom. The molecule has 7 aliphatic rings. The molecule has 0 N–H and O–H groups in total. The molecule has 4 spiro atoms. The fraction of sp³-hybridized carbons (Fsp3) is 1.00. The minimum atomic E-state index is -0.336. The lowest BCUT2D eigenvalue weighted by atomic mass is 9.40. The Kier molecular flexibility index (Phi) is 0.675. The molecule has 0 aromatic carbocycles. The van der Waals surface area contributed by atoms with Gasteiger partial charge in [-0.05, 0) is 31.6 Å². The highest BCUT2D eigenvalue weighted by atomic mass is 15.6. The second kappa shape index (κ2) is 1.50. The summed E-state index contributed by atoms with van der Waals surface area (Å²) in [6, 6.07) is 0. The standard InChI is InChI=1S/C10H10N6/c1-5-2-7-4-6(1)9(13-14-9)8(3-5)10(7,15-11-7)16-12-8/h5-6H,1-4H2. The van der Waals surface area contributed by atoms with Crippen LogP contribution in [0.3, 0.4) is 0 Å². The SMILES string of the molecule is C1C2CC34CC1C1(N=N1)C1(C2)N=NC31N=N4. The molecule has 0 aromatic rings. The van der Waals surface area contributed by atoms with Crippen LogP contribution in [-0.4, -0.2) is 22.4 Å². The van der Waals surface area contributed by atoms with E-state index in [1.807, 2.05) is 0 Å². The summed E-state index contributed by atoms with van der Waals surface area (Å²) < 4.78 is 0. The summed E-state index contributed by atoms with van der Waals surface area (Å²) in [5.41, 5.74) is -0.767. The predicted molar refractivity (Wildman–Crippen MR) is 50.9 cm³/mol. The zero-order valence-corrected chi connectivity index (χ0v) is 8.67. The maximum Gasteiger partial charge on any atom is 0.248 e. The van der Waals surface area contributed by atoms with E-state index in [0.717, 1.165) is 18.8 Å². The fourth-order valence-corrected chi connectivity index (χ4v) is 5.30. The minimum absolute atomic E-state index is 0.000532. The molecule has 4 fully saturated rings. The van der Waals surface area contributed by atoms with Crippen molar-refractivity contribution in [1.82, 2.24) is 0 Å². The number of rotatable bonds is 0. The smallest absolute Gasteiger partial charge is 0.180 e. The van der Waals surface area contributed by atoms with Crippen LogP contribution >= 0.6 is 0 Å². The molecule has 7 rings (SSSR count). The lowest BCUT2D eigenvalue weighted by Gasteiger charge is -2.72. The van der Waals surface area contributed by atoms with Crippen LogP contribution in [0.4, 0.5) is 0 Å². The first-order valence-electron chi connectivity index (χ1n) is 6.08. The zero-order valence-electron chi connectivity index (χ0n) is 8.67. The summed E-state index contributed by atoms with van der Waals surface area (Å²) in [6.07, 6.45) is 4.60. The largest absolute Gasteiger partial charge is 0.248 e. The van der Waals surface area contributed by atoms with Gasteiger partial charge in [-0.25, -0.2) is 0 Å². The Morgan fingerprint density at radius 2 is 1.69 bits per heavy atom. The van der Waals surface area contributed by atoms with Crippen molar-refractivity contribution < 1.29 is 0 Å². The van der Waals surface area contributed by atoms with Gasteiger partial charge in [-0.15, -0.1) is 0 Å². The molecule has 0 amide bonds. The molecule has 4 bridgehead atoms. The molecule has 4 aliphatic carbocycles. The summed E-state index contributed by atoms with van der Waals surface area (Å²) >= 11 is 0. The van der Waals surface area contributed by atoms with Crippen LogP contribution in [0, 0.1) is 11.8 Å². The quantitative estimate of drug-likeness (QED) is 0.592. The lowest BCUT2D eigenvalue weighted by molar-refractivity contribution is -0.184. The van der Waals surface area contributed by atoms with Crippen LogP contribution in [0.1, 0.15) is 25.7 Å². The van der Waals surface area contributed by atoms with Crippen molar-refractivity contribution in [1.29, 1.82) is 0 Å². The Balaban J connectivity index is 1.74. The van der Waals surface area contributed by atoms with Crippen molar-refractivity contribution in [3.63, 3.8) is 0 Å². The van der Waals surface area contributed by atoms with Crippen molar-refractivity contribution in [3.05, 3.63) is 0 Å². The van der Waals surface area contributed by atoms with Crippen LogP contribution in [0.15, 0.2) is 30.7 Å². The molecular weight excluding hydrogens is 204 g/mol. The zero-order chi connectivity index (χ0) is 10.2. The van der Waals surface area contributed by atoms with E-state index < -0.39 is 0 Å². The number of hydrogen-bond donors (Lipinski definition) is 0. The monoisotopic (exact) mass is 214 g/mol. The Morgan fingerprint density at radius 3 is 2.31 bits per heavy atom. The van der Waals surface area contributed by atoms with Gasteiger partial charge >= 0.3 is 0 Å².